The van der Waals surface area contributed by atoms with Crippen molar-refractivity contribution in [3.63, 3.8) is 0 Å². The van der Waals surface area contributed by atoms with Gasteiger partial charge in [0.25, 0.3) is 0 Å². The summed E-state index contributed by atoms with van der Waals surface area (Å²) < 4.78 is 0. The molecule has 7 aromatic carbocycles. The Balaban J connectivity index is 1.34. The van der Waals surface area contributed by atoms with Crippen LogP contribution in [-0.2, 0) is 0 Å². The first-order valence-electron chi connectivity index (χ1n) is 19.4. The van der Waals surface area contributed by atoms with Crippen LogP contribution in [0, 0.1) is 41.5 Å². The standard InChI is InChI=1S/C53H47N3/c1-35-28-37(3)50(38(4)29-35)52(51-39(5)30-36(2)31-40(51)6)43-22-24-47(25-23-43)56(49-26-27-54-53(55-49)44-20-14-9-15-21-44)48-33-45(41-16-10-7-11-17-41)32-46(34-48)42-18-12-8-13-19-42/h7-34,52H,1-6H3. The molecule has 0 unspecified atom stereocenters. The Bertz CT molecular complexity index is 2470. The fourth-order valence-electron chi connectivity index (χ4n) is 8.54. The van der Waals surface area contributed by atoms with Crippen molar-refractivity contribution in [3.8, 4) is 33.6 Å². The molecule has 0 bridgehead atoms. The minimum Gasteiger partial charge on any atom is -0.295 e. The molecule has 3 heteroatoms. The van der Waals surface area contributed by atoms with Gasteiger partial charge in [0.2, 0.25) is 0 Å². The second-order valence-corrected chi connectivity index (χ2v) is 15.1. The van der Waals surface area contributed by atoms with Gasteiger partial charge in [-0.15, -0.1) is 0 Å². The second-order valence-electron chi connectivity index (χ2n) is 15.1. The summed E-state index contributed by atoms with van der Waals surface area (Å²) in [6.07, 6.45) is 1.87. The predicted molar refractivity (Wildman–Crippen MR) is 235 cm³/mol. The summed E-state index contributed by atoms with van der Waals surface area (Å²) in [5.74, 6) is 1.55. The molecule has 0 saturated heterocycles. The van der Waals surface area contributed by atoms with Gasteiger partial charge in [-0.05, 0) is 139 Å². The first kappa shape index (κ1) is 36.4. The van der Waals surface area contributed by atoms with Gasteiger partial charge >= 0.3 is 0 Å². The normalized spacial score (nSPS) is 11.2. The van der Waals surface area contributed by atoms with Gasteiger partial charge in [-0.25, -0.2) is 9.97 Å². The highest BCUT2D eigenvalue weighted by atomic mass is 15.2. The van der Waals surface area contributed by atoms with Gasteiger partial charge in [-0.3, -0.25) is 4.90 Å². The number of aromatic nitrogens is 2. The number of hydrogen-bond acceptors (Lipinski definition) is 3. The molecule has 0 saturated carbocycles. The second kappa shape index (κ2) is 15.6. The monoisotopic (exact) mass is 725 g/mol. The molecule has 0 amide bonds. The van der Waals surface area contributed by atoms with E-state index in [2.05, 4.69) is 186 Å². The highest BCUT2D eigenvalue weighted by molar-refractivity contribution is 5.84. The smallest absolute Gasteiger partial charge is 0.161 e. The summed E-state index contributed by atoms with van der Waals surface area (Å²) in [7, 11) is 0. The summed E-state index contributed by atoms with van der Waals surface area (Å²) in [6, 6.07) is 58.8. The molecule has 8 rings (SSSR count). The summed E-state index contributed by atoms with van der Waals surface area (Å²) in [5, 5.41) is 0. The molecule has 0 fully saturated rings. The minimum absolute atomic E-state index is 0.0773. The maximum Gasteiger partial charge on any atom is 0.161 e. The van der Waals surface area contributed by atoms with Gasteiger partial charge < -0.3 is 0 Å². The lowest BCUT2D eigenvalue weighted by Gasteiger charge is -2.29. The Labute approximate surface area is 332 Å². The van der Waals surface area contributed by atoms with E-state index < -0.39 is 0 Å². The van der Waals surface area contributed by atoms with Crippen molar-refractivity contribution >= 4 is 17.2 Å². The summed E-state index contributed by atoms with van der Waals surface area (Å²) in [4.78, 5) is 12.2. The SMILES string of the molecule is Cc1cc(C)c(C(c2ccc(N(c3cc(-c4ccccc4)cc(-c4ccccc4)c3)c3ccnc(-c4ccccc4)n3)cc2)c2c(C)cc(C)cc2C)c(C)c1. The molecule has 8 aromatic rings. The Morgan fingerprint density at radius 2 is 0.857 bits per heavy atom. The van der Waals surface area contributed by atoms with Crippen LogP contribution in [0.1, 0.15) is 56.0 Å². The van der Waals surface area contributed by atoms with Crippen LogP contribution in [0.25, 0.3) is 33.6 Å². The molecule has 0 radical (unpaired) electrons. The molecule has 274 valence electrons. The van der Waals surface area contributed by atoms with Crippen molar-refractivity contribution in [2.75, 3.05) is 4.90 Å². The van der Waals surface area contributed by atoms with Crippen molar-refractivity contribution in [1.82, 2.24) is 9.97 Å². The van der Waals surface area contributed by atoms with Crippen molar-refractivity contribution < 1.29 is 0 Å². The first-order valence-corrected chi connectivity index (χ1v) is 19.4. The molecule has 56 heavy (non-hydrogen) atoms. The molecule has 0 aliphatic heterocycles. The molecule has 0 N–H and O–H groups in total. The third-order valence-electron chi connectivity index (χ3n) is 10.8. The van der Waals surface area contributed by atoms with E-state index in [9.17, 15) is 0 Å². The topological polar surface area (TPSA) is 29.0 Å². The van der Waals surface area contributed by atoms with Gasteiger partial charge in [-0.1, -0.05) is 139 Å². The summed E-state index contributed by atoms with van der Waals surface area (Å²) in [5.41, 5.74) is 19.5. The zero-order valence-corrected chi connectivity index (χ0v) is 33.1. The number of rotatable bonds is 9. The highest BCUT2D eigenvalue weighted by Crippen LogP contribution is 2.43. The Hall–Kier alpha value is -6.58. The van der Waals surface area contributed by atoms with Gasteiger partial charge in [0.1, 0.15) is 5.82 Å². The maximum atomic E-state index is 5.23. The highest BCUT2D eigenvalue weighted by Gasteiger charge is 2.25. The molecule has 3 nitrogen and oxygen atoms in total. The Kier molecular flexibility index (Phi) is 10.2. The molecule has 0 spiro atoms. The fraction of sp³-hybridized carbons (Fsp3) is 0.132. The van der Waals surface area contributed by atoms with Crippen LogP contribution >= 0.6 is 0 Å². The molecule has 0 atom stereocenters. The molecular formula is C53H47N3. The van der Waals surface area contributed by atoms with E-state index in [1.807, 2.05) is 30.5 Å². The van der Waals surface area contributed by atoms with E-state index in [4.69, 9.17) is 9.97 Å². The molecule has 0 aliphatic carbocycles. The third kappa shape index (κ3) is 7.41. The van der Waals surface area contributed by atoms with Crippen LogP contribution in [-0.4, -0.2) is 9.97 Å². The van der Waals surface area contributed by atoms with Crippen LogP contribution < -0.4 is 4.90 Å². The average Bonchev–Trinajstić information content (AvgIpc) is 3.21. The lowest BCUT2D eigenvalue weighted by molar-refractivity contribution is 0.919. The molecule has 1 heterocycles. The fourth-order valence-corrected chi connectivity index (χ4v) is 8.54. The number of anilines is 3. The summed E-state index contributed by atoms with van der Waals surface area (Å²) in [6.45, 7) is 13.4. The van der Waals surface area contributed by atoms with Crippen LogP contribution in [0.3, 0.4) is 0 Å². The average molecular weight is 726 g/mol. The van der Waals surface area contributed by atoms with Gasteiger partial charge in [0, 0.05) is 29.1 Å². The zero-order valence-electron chi connectivity index (χ0n) is 33.1. The zero-order chi connectivity index (χ0) is 38.8. The minimum atomic E-state index is 0.0773. The van der Waals surface area contributed by atoms with Gasteiger partial charge in [-0.2, -0.15) is 0 Å². The van der Waals surface area contributed by atoms with Crippen LogP contribution in [0.4, 0.5) is 17.2 Å². The quantitative estimate of drug-likeness (QED) is 0.139. The number of hydrogen-bond donors (Lipinski definition) is 0. The van der Waals surface area contributed by atoms with Gasteiger partial charge in [0.15, 0.2) is 5.82 Å². The maximum absolute atomic E-state index is 5.23. The van der Waals surface area contributed by atoms with Crippen LogP contribution in [0.5, 0.6) is 0 Å². The van der Waals surface area contributed by atoms with E-state index in [-0.39, 0.29) is 5.92 Å². The number of aryl methyl sites for hydroxylation is 6. The number of nitrogens with zero attached hydrogens (tertiary/aromatic N) is 3. The van der Waals surface area contributed by atoms with E-state index in [0.717, 1.165) is 45.0 Å². The Morgan fingerprint density at radius 3 is 1.32 bits per heavy atom. The van der Waals surface area contributed by atoms with Crippen molar-refractivity contribution in [1.29, 1.82) is 0 Å². The summed E-state index contributed by atoms with van der Waals surface area (Å²) >= 11 is 0. The van der Waals surface area contributed by atoms with Gasteiger partial charge in [0.05, 0.1) is 0 Å². The third-order valence-corrected chi connectivity index (χ3v) is 10.8. The van der Waals surface area contributed by atoms with Crippen LogP contribution in [0.15, 0.2) is 170 Å². The largest absolute Gasteiger partial charge is 0.295 e. The van der Waals surface area contributed by atoms with E-state index in [1.165, 1.54) is 50.1 Å². The molecular weight excluding hydrogens is 679 g/mol. The van der Waals surface area contributed by atoms with E-state index in [1.54, 1.807) is 0 Å². The predicted octanol–water partition coefficient (Wildman–Crippen LogP) is 14.0. The Morgan fingerprint density at radius 1 is 0.411 bits per heavy atom. The lowest BCUT2D eigenvalue weighted by atomic mass is 9.77. The lowest BCUT2D eigenvalue weighted by Crippen LogP contribution is -2.14. The van der Waals surface area contributed by atoms with E-state index in [0.29, 0.717) is 5.82 Å². The van der Waals surface area contributed by atoms with Crippen LogP contribution in [0.2, 0.25) is 0 Å². The van der Waals surface area contributed by atoms with Crippen molar-refractivity contribution in [2.45, 2.75) is 47.5 Å². The molecule has 1 aromatic heterocycles. The van der Waals surface area contributed by atoms with Crippen molar-refractivity contribution in [3.05, 3.63) is 220 Å². The van der Waals surface area contributed by atoms with Crippen molar-refractivity contribution in [2.24, 2.45) is 0 Å². The van der Waals surface area contributed by atoms with E-state index >= 15 is 0 Å². The first-order chi connectivity index (χ1) is 27.2. The molecule has 0 aliphatic rings. The number of benzene rings is 7.